The lowest BCUT2D eigenvalue weighted by Gasteiger charge is -2.20. The molecule has 2 heteroatoms. The van der Waals surface area contributed by atoms with Crippen molar-refractivity contribution in [3.8, 4) is 39.3 Å². The second-order valence-electron chi connectivity index (χ2n) is 9.62. The van der Waals surface area contributed by atoms with Gasteiger partial charge in [0.1, 0.15) is 5.82 Å². The van der Waals surface area contributed by atoms with E-state index in [-0.39, 0.29) is 41.1 Å². The molecule has 0 spiro atoms. The number of fused-ring (bicyclic) bond motifs is 3. The van der Waals surface area contributed by atoms with Crippen molar-refractivity contribution in [3.05, 3.63) is 157 Å². The molecule has 41 heavy (non-hydrogen) atoms. The van der Waals surface area contributed by atoms with Gasteiger partial charge in [0, 0.05) is 11.1 Å². The van der Waals surface area contributed by atoms with Crippen molar-refractivity contribution in [2.45, 2.75) is 0 Å². The summed E-state index contributed by atoms with van der Waals surface area (Å²) in [6.07, 6.45) is 0. The minimum atomic E-state index is -0.492. The predicted molar refractivity (Wildman–Crippen MR) is 172 cm³/mol. The van der Waals surface area contributed by atoms with E-state index in [1.54, 1.807) is 0 Å². The lowest BCUT2D eigenvalue weighted by atomic mass is 9.85. The molecule has 0 aliphatic rings. The number of aromatic nitrogens is 2. The first-order chi connectivity index (χ1) is 24.5. The van der Waals surface area contributed by atoms with Crippen LogP contribution in [0.25, 0.3) is 71.9 Å². The van der Waals surface area contributed by atoms with Crippen molar-refractivity contribution in [2.24, 2.45) is 0 Å². The molecule has 0 aliphatic heterocycles. The lowest BCUT2D eigenvalue weighted by molar-refractivity contribution is 1.10. The molecule has 192 valence electrons. The molecule has 0 fully saturated rings. The summed E-state index contributed by atoms with van der Waals surface area (Å²) in [6.45, 7) is 0. The normalized spacial score (nSPS) is 14.8. The first-order valence-electron chi connectivity index (χ1n) is 18.2. The van der Waals surface area contributed by atoms with E-state index in [4.69, 9.17) is 18.7 Å². The standard InChI is InChI=1S/C39H26N2/c1-3-15-27(16-4-1)37-29-19-7-9-21-31(29)38(32-22-10-8-20-30(32)37)33-23-11-13-25-35(33)41-36-26-14-12-24-34(36)40-39(41)28-17-5-2-6-18-28/h1-26H/i1D,2D,3D,4D,5D,6D,15D,16D,17D,18D. The average Bonchev–Trinajstić information content (AvgIpc) is 3.53. The number of rotatable bonds is 4. The van der Waals surface area contributed by atoms with Gasteiger partial charge < -0.3 is 0 Å². The Labute approximate surface area is 252 Å². The van der Waals surface area contributed by atoms with Crippen LogP contribution in [0.2, 0.25) is 0 Å². The van der Waals surface area contributed by atoms with E-state index >= 15 is 0 Å². The fourth-order valence-corrected chi connectivity index (χ4v) is 5.74. The molecule has 1 aromatic heterocycles. The first-order valence-corrected chi connectivity index (χ1v) is 13.2. The minimum absolute atomic E-state index is 0.0294. The fraction of sp³-hybridized carbons (Fsp3) is 0. The van der Waals surface area contributed by atoms with Crippen LogP contribution in [0.4, 0.5) is 0 Å². The number of imidazole rings is 1. The highest BCUT2D eigenvalue weighted by Crippen LogP contribution is 2.45. The maximum absolute atomic E-state index is 8.88. The van der Waals surface area contributed by atoms with Gasteiger partial charge in [0.25, 0.3) is 0 Å². The van der Waals surface area contributed by atoms with E-state index in [0.717, 1.165) is 21.9 Å². The van der Waals surface area contributed by atoms with Crippen LogP contribution in [0.15, 0.2) is 157 Å². The molecular formula is C39H26N2. The van der Waals surface area contributed by atoms with Crippen LogP contribution in [0.3, 0.4) is 0 Å². The molecule has 1 heterocycles. The summed E-state index contributed by atoms with van der Waals surface area (Å²) in [5, 5.41) is 2.89. The second kappa shape index (κ2) is 9.62. The Balaban J connectivity index is 1.52. The molecule has 0 aliphatic carbocycles. The van der Waals surface area contributed by atoms with E-state index in [2.05, 4.69) is 0 Å². The molecule has 0 radical (unpaired) electrons. The Morgan fingerprint density at radius 1 is 0.488 bits per heavy atom. The zero-order valence-electron chi connectivity index (χ0n) is 31.6. The third-order valence-corrected chi connectivity index (χ3v) is 7.38. The van der Waals surface area contributed by atoms with E-state index in [1.165, 1.54) is 0 Å². The topological polar surface area (TPSA) is 17.8 Å². The maximum atomic E-state index is 8.88. The monoisotopic (exact) mass is 532 g/mol. The molecule has 0 saturated heterocycles. The average molecular weight is 533 g/mol. The number of nitrogens with zero attached hydrogens (tertiary/aromatic N) is 2. The highest BCUT2D eigenvalue weighted by molar-refractivity contribution is 6.22. The summed E-state index contributed by atoms with van der Waals surface area (Å²) < 4.78 is 87.3. The molecule has 7 aromatic carbocycles. The van der Waals surface area contributed by atoms with E-state index in [1.807, 2.05) is 102 Å². The fourth-order valence-electron chi connectivity index (χ4n) is 5.74. The number of benzene rings is 7. The van der Waals surface area contributed by atoms with Crippen LogP contribution in [-0.4, -0.2) is 9.55 Å². The van der Waals surface area contributed by atoms with Crippen LogP contribution in [0.1, 0.15) is 13.7 Å². The third-order valence-electron chi connectivity index (χ3n) is 7.38. The minimum Gasteiger partial charge on any atom is -0.292 e. The molecular weight excluding hydrogens is 496 g/mol. The zero-order valence-corrected chi connectivity index (χ0v) is 21.6. The molecule has 8 aromatic rings. The van der Waals surface area contributed by atoms with Crippen LogP contribution in [0.5, 0.6) is 0 Å². The zero-order chi connectivity index (χ0) is 35.9. The highest BCUT2D eigenvalue weighted by atomic mass is 15.1. The van der Waals surface area contributed by atoms with Gasteiger partial charge >= 0.3 is 0 Å². The molecule has 0 amide bonds. The lowest BCUT2D eigenvalue weighted by Crippen LogP contribution is -2.01. The second-order valence-corrected chi connectivity index (χ2v) is 9.62. The summed E-state index contributed by atoms with van der Waals surface area (Å²) in [4.78, 5) is 4.85. The van der Waals surface area contributed by atoms with Crippen LogP contribution < -0.4 is 0 Å². The smallest absolute Gasteiger partial charge is 0.145 e. The van der Waals surface area contributed by atoms with Crippen molar-refractivity contribution in [2.75, 3.05) is 0 Å². The van der Waals surface area contributed by atoms with E-state index < -0.39 is 36.3 Å². The quantitative estimate of drug-likeness (QED) is 0.206. The van der Waals surface area contributed by atoms with Crippen LogP contribution in [0, 0.1) is 0 Å². The molecule has 0 saturated carbocycles. The molecule has 0 atom stereocenters. The molecule has 0 bridgehead atoms. The summed E-state index contributed by atoms with van der Waals surface area (Å²) in [5.74, 6) is 0.185. The van der Waals surface area contributed by atoms with Gasteiger partial charge in [-0.15, -0.1) is 0 Å². The van der Waals surface area contributed by atoms with Crippen molar-refractivity contribution in [1.29, 1.82) is 0 Å². The Morgan fingerprint density at radius 3 is 1.66 bits per heavy atom. The van der Waals surface area contributed by atoms with Crippen LogP contribution >= 0.6 is 0 Å². The summed E-state index contributed by atoms with van der Waals surface area (Å²) >= 11 is 0. The van der Waals surface area contributed by atoms with Gasteiger partial charge in [0.15, 0.2) is 0 Å². The van der Waals surface area contributed by atoms with Gasteiger partial charge in [-0.05, 0) is 56.4 Å². The van der Waals surface area contributed by atoms with E-state index in [0.29, 0.717) is 33.1 Å². The molecule has 0 unspecified atom stereocenters. The largest absolute Gasteiger partial charge is 0.292 e. The number of hydrogen-bond acceptors (Lipinski definition) is 1. The first kappa shape index (κ1) is 15.4. The van der Waals surface area contributed by atoms with Gasteiger partial charge in [-0.25, -0.2) is 4.98 Å². The van der Waals surface area contributed by atoms with Crippen molar-refractivity contribution < 1.29 is 13.7 Å². The van der Waals surface area contributed by atoms with Gasteiger partial charge in [-0.1, -0.05) is 139 Å². The van der Waals surface area contributed by atoms with Gasteiger partial charge in [0.2, 0.25) is 0 Å². The van der Waals surface area contributed by atoms with Crippen LogP contribution in [-0.2, 0) is 0 Å². The Kier molecular flexibility index (Phi) is 3.60. The van der Waals surface area contributed by atoms with E-state index in [9.17, 15) is 0 Å². The molecule has 0 N–H and O–H groups in total. The third kappa shape index (κ3) is 3.76. The molecule has 2 nitrogen and oxygen atoms in total. The van der Waals surface area contributed by atoms with Gasteiger partial charge in [-0.2, -0.15) is 0 Å². The maximum Gasteiger partial charge on any atom is 0.145 e. The summed E-state index contributed by atoms with van der Waals surface area (Å²) in [6, 6.07) is 26.1. The Hall–Kier alpha value is -5.47. The summed E-state index contributed by atoms with van der Waals surface area (Å²) in [5.41, 5.74) is 4.02. The Bertz CT molecular complexity index is 2660. The predicted octanol–water partition coefficient (Wildman–Crippen LogP) is 10.3. The SMILES string of the molecule is [2H]c1c([2H])c([2H])c(-c2c3ccccc3c(-c3ccccc3-n3c(-c4c([2H])c([2H])c([2H])c([2H])c4[2H])nc4ccccc43)c3ccccc23)c([2H])c1[2H]. The van der Waals surface area contributed by atoms with Crippen molar-refractivity contribution in [3.63, 3.8) is 0 Å². The number of hydrogen-bond donors (Lipinski definition) is 0. The Morgan fingerprint density at radius 2 is 1.00 bits per heavy atom. The number of para-hydroxylation sites is 3. The van der Waals surface area contributed by atoms with Crippen molar-refractivity contribution in [1.82, 2.24) is 9.55 Å². The van der Waals surface area contributed by atoms with Gasteiger partial charge in [-0.3, -0.25) is 4.57 Å². The van der Waals surface area contributed by atoms with Gasteiger partial charge in [0.05, 0.1) is 30.4 Å². The van der Waals surface area contributed by atoms with Crippen molar-refractivity contribution >= 4 is 32.6 Å². The summed E-state index contributed by atoms with van der Waals surface area (Å²) in [7, 11) is 0. The molecule has 8 rings (SSSR count). The highest BCUT2D eigenvalue weighted by Gasteiger charge is 2.21.